The van der Waals surface area contributed by atoms with Gasteiger partial charge in [-0.3, -0.25) is 0 Å². The lowest BCUT2D eigenvalue weighted by molar-refractivity contribution is 0.171. The van der Waals surface area contributed by atoms with E-state index in [9.17, 15) is 8.42 Å². The van der Waals surface area contributed by atoms with Crippen molar-refractivity contribution < 1.29 is 17.9 Å². The van der Waals surface area contributed by atoms with Crippen LogP contribution in [0.25, 0.3) is 0 Å². The van der Waals surface area contributed by atoms with E-state index in [2.05, 4.69) is 0 Å². The molecule has 2 unspecified atom stereocenters. The van der Waals surface area contributed by atoms with Crippen molar-refractivity contribution in [3.05, 3.63) is 18.2 Å². The Labute approximate surface area is 118 Å². The number of nitrogens with zero attached hydrogens (tertiary/aromatic N) is 1. The second-order valence-corrected chi connectivity index (χ2v) is 7.21. The zero-order valence-electron chi connectivity index (χ0n) is 11.3. The van der Waals surface area contributed by atoms with Gasteiger partial charge >= 0.3 is 0 Å². The number of rotatable bonds is 2. The van der Waals surface area contributed by atoms with Crippen molar-refractivity contribution in [1.29, 1.82) is 0 Å². The summed E-state index contributed by atoms with van der Waals surface area (Å²) in [6.45, 7) is 3.69. The molecule has 1 fully saturated rings. The summed E-state index contributed by atoms with van der Waals surface area (Å²) in [6.07, 6.45) is 0. The molecule has 1 saturated heterocycles. The van der Waals surface area contributed by atoms with Crippen molar-refractivity contribution >= 4 is 10.0 Å². The fourth-order valence-electron chi connectivity index (χ4n) is 2.48. The summed E-state index contributed by atoms with van der Waals surface area (Å²) in [5, 5.41) is 0. The minimum Gasteiger partial charge on any atom is -0.486 e. The lowest BCUT2D eigenvalue weighted by atomic mass is 10.1. The summed E-state index contributed by atoms with van der Waals surface area (Å²) in [5.41, 5.74) is 5.90. The van der Waals surface area contributed by atoms with E-state index >= 15 is 0 Å². The highest BCUT2D eigenvalue weighted by atomic mass is 32.2. The first kappa shape index (κ1) is 13.7. The molecule has 110 valence electrons. The Morgan fingerprint density at radius 2 is 1.90 bits per heavy atom. The summed E-state index contributed by atoms with van der Waals surface area (Å²) in [4.78, 5) is 0.225. The molecule has 0 aliphatic carbocycles. The Bertz CT molecular complexity index is 607. The molecule has 3 rings (SSSR count). The van der Waals surface area contributed by atoms with Gasteiger partial charge in [-0.2, -0.15) is 4.31 Å². The summed E-state index contributed by atoms with van der Waals surface area (Å²) in [5.74, 6) is 1.23. The number of sulfonamides is 1. The van der Waals surface area contributed by atoms with Gasteiger partial charge in [-0.05, 0) is 18.1 Å². The smallest absolute Gasteiger partial charge is 0.243 e. The van der Waals surface area contributed by atoms with Crippen molar-refractivity contribution in [2.75, 3.05) is 26.3 Å². The number of hydrogen-bond donors (Lipinski definition) is 1. The van der Waals surface area contributed by atoms with E-state index in [1.807, 2.05) is 6.92 Å². The maximum Gasteiger partial charge on any atom is 0.243 e. The second-order valence-electron chi connectivity index (χ2n) is 5.27. The van der Waals surface area contributed by atoms with Crippen molar-refractivity contribution in [3.63, 3.8) is 0 Å². The highest BCUT2D eigenvalue weighted by molar-refractivity contribution is 7.89. The highest BCUT2D eigenvalue weighted by Crippen LogP contribution is 2.34. The van der Waals surface area contributed by atoms with Crippen LogP contribution in [0, 0.1) is 5.92 Å². The first-order chi connectivity index (χ1) is 9.48. The predicted octanol–water partition coefficient (Wildman–Crippen LogP) is 0.426. The van der Waals surface area contributed by atoms with Crippen LogP contribution in [0.15, 0.2) is 23.1 Å². The number of benzene rings is 1. The summed E-state index contributed by atoms with van der Waals surface area (Å²) in [6, 6.07) is 4.61. The molecule has 2 atom stereocenters. The van der Waals surface area contributed by atoms with Gasteiger partial charge in [0.2, 0.25) is 10.0 Å². The van der Waals surface area contributed by atoms with Gasteiger partial charge < -0.3 is 15.2 Å². The third kappa shape index (κ3) is 2.25. The summed E-state index contributed by atoms with van der Waals surface area (Å²) >= 11 is 0. The highest BCUT2D eigenvalue weighted by Gasteiger charge is 2.35. The van der Waals surface area contributed by atoms with Gasteiger partial charge in [0.15, 0.2) is 11.5 Å². The predicted molar refractivity (Wildman–Crippen MR) is 73.3 cm³/mol. The molecule has 20 heavy (non-hydrogen) atoms. The lowest BCUT2D eigenvalue weighted by Crippen LogP contribution is -2.32. The molecule has 1 aromatic carbocycles. The van der Waals surface area contributed by atoms with Gasteiger partial charge in [0.25, 0.3) is 0 Å². The minimum absolute atomic E-state index is 0.109. The third-order valence-electron chi connectivity index (χ3n) is 3.79. The second kappa shape index (κ2) is 4.91. The van der Waals surface area contributed by atoms with Gasteiger partial charge in [0.1, 0.15) is 13.2 Å². The molecule has 2 aliphatic rings. The molecular weight excluding hydrogens is 280 g/mol. The Morgan fingerprint density at radius 3 is 2.55 bits per heavy atom. The van der Waals surface area contributed by atoms with Crippen LogP contribution in [-0.2, 0) is 10.0 Å². The van der Waals surface area contributed by atoms with Gasteiger partial charge in [0, 0.05) is 25.2 Å². The first-order valence-electron chi connectivity index (χ1n) is 6.64. The molecule has 0 amide bonds. The van der Waals surface area contributed by atoms with Crippen molar-refractivity contribution in [1.82, 2.24) is 4.31 Å². The van der Waals surface area contributed by atoms with Crippen LogP contribution in [0.1, 0.15) is 6.92 Å². The molecular formula is C13H18N2O4S. The molecule has 2 N–H and O–H groups in total. The molecule has 0 spiro atoms. The lowest BCUT2D eigenvalue weighted by Gasteiger charge is -2.21. The van der Waals surface area contributed by atoms with Crippen LogP contribution in [0.2, 0.25) is 0 Å². The van der Waals surface area contributed by atoms with Crippen LogP contribution in [-0.4, -0.2) is 45.1 Å². The maximum absolute atomic E-state index is 12.6. The van der Waals surface area contributed by atoms with Crippen molar-refractivity contribution in [2.45, 2.75) is 17.9 Å². The van der Waals surface area contributed by atoms with Gasteiger partial charge in [-0.15, -0.1) is 0 Å². The fraction of sp³-hybridized carbons (Fsp3) is 0.538. The Hall–Kier alpha value is -1.31. The zero-order chi connectivity index (χ0) is 14.3. The van der Waals surface area contributed by atoms with Gasteiger partial charge in [0.05, 0.1) is 4.90 Å². The number of ether oxygens (including phenoxy) is 2. The number of hydrogen-bond acceptors (Lipinski definition) is 5. The summed E-state index contributed by atoms with van der Waals surface area (Å²) < 4.78 is 37.4. The van der Waals surface area contributed by atoms with E-state index in [0.29, 0.717) is 37.8 Å². The summed E-state index contributed by atoms with van der Waals surface area (Å²) in [7, 11) is -3.52. The fourth-order valence-corrected chi connectivity index (χ4v) is 4.07. The molecule has 0 aromatic heterocycles. The van der Waals surface area contributed by atoms with E-state index in [4.69, 9.17) is 15.2 Å². The van der Waals surface area contributed by atoms with Gasteiger partial charge in [-0.1, -0.05) is 6.92 Å². The molecule has 1 aromatic rings. The van der Waals surface area contributed by atoms with Crippen LogP contribution in [0.4, 0.5) is 0 Å². The SMILES string of the molecule is CC1CN(S(=O)(=O)c2ccc3c(c2)OCCO3)CC1N. The molecule has 7 heteroatoms. The van der Waals surface area contributed by atoms with Crippen LogP contribution in [0.5, 0.6) is 11.5 Å². The zero-order valence-corrected chi connectivity index (χ0v) is 12.1. The Balaban J connectivity index is 1.92. The monoisotopic (exact) mass is 298 g/mol. The molecule has 0 saturated carbocycles. The average Bonchev–Trinajstić information content (AvgIpc) is 2.79. The van der Waals surface area contributed by atoms with Crippen molar-refractivity contribution in [2.24, 2.45) is 11.7 Å². The van der Waals surface area contributed by atoms with Crippen LogP contribution in [0.3, 0.4) is 0 Å². The van der Waals surface area contributed by atoms with E-state index < -0.39 is 10.0 Å². The Morgan fingerprint density at radius 1 is 1.20 bits per heavy atom. The molecule has 0 radical (unpaired) electrons. The largest absolute Gasteiger partial charge is 0.486 e. The van der Waals surface area contributed by atoms with Crippen LogP contribution < -0.4 is 15.2 Å². The van der Waals surface area contributed by atoms with Crippen molar-refractivity contribution in [3.8, 4) is 11.5 Å². The minimum atomic E-state index is -3.52. The first-order valence-corrected chi connectivity index (χ1v) is 8.08. The Kier molecular flexibility index (Phi) is 3.35. The van der Waals surface area contributed by atoms with Gasteiger partial charge in [-0.25, -0.2) is 8.42 Å². The average molecular weight is 298 g/mol. The standard InChI is InChI=1S/C13H18N2O4S/c1-9-7-15(8-11(9)14)20(16,17)10-2-3-12-13(6-10)19-5-4-18-12/h2-3,6,9,11H,4-5,7-8,14H2,1H3. The van der Waals surface area contributed by atoms with Crippen LogP contribution >= 0.6 is 0 Å². The normalized spacial score (nSPS) is 26.7. The number of fused-ring (bicyclic) bond motifs is 1. The van der Waals surface area contributed by atoms with E-state index in [1.54, 1.807) is 12.1 Å². The molecule has 2 heterocycles. The molecule has 6 nitrogen and oxygen atoms in total. The maximum atomic E-state index is 12.6. The molecule has 0 bridgehead atoms. The topological polar surface area (TPSA) is 81.9 Å². The van der Waals surface area contributed by atoms with E-state index in [1.165, 1.54) is 10.4 Å². The molecule has 2 aliphatic heterocycles. The van der Waals surface area contributed by atoms with E-state index in [-0.39, 0.29) is 16.9 Å². The number of nitrogens with two attached hydrogens (primary N) is 1. The quantitative estimate of drug-likeness (QED) is 0.856. The third-order valence-corrected chi connectivity index (χ3v) is 5.62. The van der Waals surface area contributed by atoms with E-state index in [0.717, 1.165) is 0 Å².